The number of benzene rings is 1. The zero-order chi connectivity index (χ0) is 17.4. The lowest BCUT2D eigenvalue weighted by Crippen LogP contribution is -2.40. The van der Waals surface area contributed by atoms with Gasteiger partial charge >= 0.3 is 0 Å². The molecule has 2 aliphatic rings. The van der Waals surface area contributed by atoms with Gasteiger partial charge in [-0.05, 0) is 43.7 Å². The van der Waals surface area contributed by atoms with E-state index in [-0.39, 0.29) is 17.5 Å². The largest absolute Gasteiger partial charge is 0.342 e. The Kier molecular flexibility index (Phi) is 4.54. The second-order valence-corrected chi connectivity index (χ2v) is 8.14. The first-order valence-corrected chi connectivity index (χ1v) is 10.0. The van der Waals surface area contributed by atoms with E-state index in [0.29, 0.717) is 27.7 Å². The van der Waals surface area contributed by atoms with E-state index in [0.717, 1.165) is 32.4 Å². The third-order valence-corrected chi connectivity index (χ3v) is 5.96. The predicted octanol–water partition coefficient (Wildman–Crippen LogP) is 3.08. The Morgan fingerprint density at radius 3 is 2.84 bits per heavy atom. The molecule has 2 fully saturated rings. The Balaban J connectivity index is 1.57. The summed E-state index contributed by atoms with van der Waals surface area (Å²) in [5.74, 6) is 1.08. The maximum atomic E-state index is 12.8. The van der Waals surface area contributed by atoms with Crippen LogP contribution in [0, 0.1) is 5.92 Å². The minimum atomic E-state index is 0.0228. The van der Waals surface area contributed by atoms with Gasteiger partial charge in [-0.2, -0.15) is 0 Å². The molecule has 1 aliphatic heterocycles. The fraction of sp³-hybridized carbons (Fsp3) is 0.526. The molecule has 132 valence electrons. The third kappa shape index (κ3) is 3.45. The molecular formula is C19H23N3O2S. The smallest absolute Gasteiger partial charge is 0.262 e. The molecule has 25 heavy (non-hydrogen) atoms. The number of amides is 1. The average Bonchev–Trinajstić information content (AvgIpc) is 3.44. The molecule has 1 aromatic heterocycles. The summed E-state index contributed by atoms with van der Waals surface area (Å²) in [4.78, 5) is 32.0. The number of hydrogen-bond donors (Lipinski definition) is 0. The zero-order valence-corrected chi connectivity index (χ0v) is 15.3. The van der Waals surface area contributed by atoms with Crippen LogP contribution < -0.4 is 5.56 Å². The van der Waals surface area contributed by atoms with E-state index < -0.39 is 0 Å². The highest BCUT2D eigenvalue weighted by atomic mass is 32.2. The number of rotatable bonds is 4. The molecule has 1 unspecified atom stereocenters. The van der Waals surface area contributed by atoms with Crippen LogP contribution in [-0.4, -0.2) is 39.2 Å². The van der Waals surface area contributed by atoms with Gasteiger partial charge in [-0.1, -0.05) is 30.8 Å². The topological polar surface area (TPSA) is 55.2 Å². The van der Waals surface area contributed by atoms with Gasteiger partial charge in [-0.15, -0.1) is 0 Å². The molecule has 2 heterocycles. The lowest BCUT2D eigenvalue weighted by molar-refractivity contribution is -0.130. The van der Waals surface area contributed by atoms with Crippen LogP contribution in [0.25, 0.3) is 10.9 Å². The molecule has 2 aromatic rings. The van der Waals surface area contributed by atoms with Crippen molar-refractivity contribution in [2.75, 3.05) is 18.8 Å². The van der Waals surface area contributed by atoms with Crippen LogP contribution in [-0.2, 0) is 4.79 Å². The first-order valence-electron chi connectivity index (χ1n) is 9.05. The fourth-order valence-electron chi connectivity index (χ4n) is 3.52. The normalized spacial score (nSPS) is 20.8. The zero-order valence-electron chi connectivity index (χ0n) is 14.5. The quantitative estimate of drug-likeness (QED) is 0.623. The number of nitrogens with zero attached hydrogens (tertiary/aromatic N) is 3. The number of carbonyl (C=O) groups excluding carboxylic acids is 1. The van der Waals surface area contributed by atoms with Crippen LogP contribution in [0.2, 0.25) is 0 Å². The molecule has 1 saturated heterocycles. The summed E-state index contributed by atoms with van der Waals surface area (Å²) < 4.78 is 1.80. The second kappa shape index (κ2) is 6.83. The molecule has 4 rings (SSSR count). The monoisotopic (exact) mass is 357 g/mol. The second-order valence-electron chi connectivity index (χ2n) is 7.19. The summed E-state index contributed by atoms with van der Waals surface area (Å²) in [7, 11) is 0. The van der Waals surface area contributed by atoms with Gasteiger partial charge < -0.3 is 4.90 Å². The Morgan fingerprint density at radius 1 is 1.28 bits per heavy atom. The average molecular weight is 357 g/mol. The molecule has 0 bridgehead atoms. The number of para-hydroxylation sites is 1. The highest BCUT2D eigenvalue weighted by Crippen LogP contribution is 2.36. The van der Waals surface area contributed by atoms with E-state index in [9.17, 15) is 9.59 Å². The molecule has 5 nitrogen and oxygen atoms in total. The summed E-state index contributed by atoms with van der Waals surface area (Å²) in [5, 5.41) is 1.35. The SMILES string of the molecule is CC1CCCN(C(=O)CSc2nc3ccccc3c(=O)n2C2CC2)C1. The van der Waals surface area contributed by atoms with Crippen molar-refractivity contribution in [3.05, 3.63) is 34.6 Å². The summed E-state index contributed by atoms with van der Waals surface area (Å²) >= 11 is 1.41. The van der Waals surface area contributed by atoms with E-state index in [1.165, 1.54) is 18.2 Å². The van der Waals surface area contributed by atoms with Crippen LogP contribution in [0.1, 0.15) is 38.6 Å². The molecule has 1 saturated carbocycles. The maximum Gasteiger partial charge on any atom is 0.262 e. The lowest BCUT2D eigenvalue weighted by Gasteiger charge is -2.30. The molecule has 1 atom stereocenters. The van der Waals surface area contributed by atoms with Gasteiger partial charge in [0.2, 0.25) is 5.91 Å². The van der Waals surface area contributed by atoms with Crippen molar-refractivity contribution >= 4 is 28.6 Å². The predicted molar refractivity (Wildman–Crippen MR) is 100.0 cm³/mol. The van der Waals surface area contributed by atoms with Crippen LogP contribution >= 0.6 is 11.8 Å². The molecule has 0 spiro atoms. The highest BCUT2D eigenvalue weighted by Gasteiger charge is 2.29. The Morgan fingerprint density at radius 2 is 2.08 bits per heavy atom. The fourth-order valence-corrected chi connectivity index (χ4v) is 4.48. The summed E-state index contributed by atoms with van der Waals surface area (Å²) in [6, 6.07) is 7.71. The summed E-state index contributed by atoms with van der Waals surface area (Å²) in [6.45, 7) is 3.90. The van der Waals surface area contributed by atoms with E-state index >= 15 is 0 Å². The van der Waals surface area contributed by atoms with Crippen molar-refractivity contribution in [2.24, 2.45) is 5.92 Å². The van der Waals surface area contributed by atoms with Gasteiger partial charge in [0.15, 0.2) is 5.16 Å². The molecule has 1 amide bonds. The van der Waals surface area contributed by atoms with E-state index in [2.05, 4.69) is 11.9 Å². The standard InChI is InChI=1S/C19H23N3O2S/c1-13-5-4-10-21(11-13)17(23)12-25-19-20-16-7-3-2-6-15(16)18(24)22(19)14-8-9-14/h2-3,6-7,13-14H,4-5,8-12H2,1H3. The van der Waals surface area contributed by atoms with Crippen molar-refractivity contribution in [1.82, 2.24) is 14.5 Å². The minimum Gasteiger partial charge on any atom is -0.342 e. The summed E-state index contributed by atoms with van der Waals surface area (Å²) in [5.41, 5.74) is 0.737. The molecule has 1 aromatic carbocycles. The minimum absolute atomic E-state index is 0.0228. The number of hydrogen-bond acceptors (Lipinski definition) is 4. The van der Waals surface area contributed by atoms with Gasteiger partial charge in [0.05, 0.1) is 16.7 Å². The molecule has 1 aliphatic carbocycles. The number of aromatic nitrogens is 2. The number of likely N-dealkylation sites (tertiary alicyclic amines) is 1. The van der Waals surface area contributed by atoms with Gasteiger partial charge in [0.25, 0.3) is 5.56 Å². The van der Waals surface area contributed by atoms with E-state index in [1.807, 2.05) is 29.2 Å². The van der Waals surface area contributed by atoms with Crippen LogP contribution in [0.3, 0.4) is 0 Å². The first-order chi connectivity index (χ1) is 12.1. The van der Waals surface area contributed by atoms with Gasteiger partial charge in [-0.25, -0.2) is 4.98 Å². The van der Waals surface area contributed by atoms with Crippen molar-refractivity contribution in [2.45, 2.75) is 43.8 Å². The van der Waals surface area contributed by atoms with Crippen molar-refractivity contribution in [3.63, 3.8) is 0 Å². The Bertz CT molecular complexity index is 859. The number of carbonyl (C=O) groups is 1. The van der Waals surface area contributed by atoms with Crippen molar-refractivity contribution in [3.8, 4) is 0 Å². The van der Waals surface area contributed by atoms with E-state index in [1.54, 1.807) is 4.57 Å². The van der Waals surface area contributed by atoms with Crippen molar-refractivity contribution < 1.29 is 4.79 Å². The highest BCUT2D eigenvalue weighted by molar-refractivity contribution is 7.99. The molecule has 6 heteroatoms. The van der Waals surface area contributed by atoms with Crippen LogP contribution in [0.4, 0.5) is 0 Å². The molecular weight excluding hydrogens is 334 g/mol. The van der Waals surface area contributed by atoms with Gasteiger partial charge in [-0.3, -0.25) is 14.2 Å². The summed E-state index contributed by atoms with van der Waals surface area (Å²) in [6.07, 6.45) is 4.32. The van der Waals surface area contributed by atoms with Gasteiger partial charge in [0, 0.05) is 19.1 Å². The van der Waals surface area contributed by atoms with E-state index in [4.69, 9.17) is 0 Å². The van der Waals surface area contributed by atoms with Gasteiger partial charge in [0.1, 0.15) is 0 Å². The number of piperidine rings is 1. The number of thioether (sulfide) groups is 1. The lowest BCUT2D eigenvalue weighted by atomic mass is 10.0. The molecule has 0 N–H and O–H groups in total. The van der Waals surface area contributed by atoms with Crippen molar-refractivity contribution in [1.29, 1.82) is 0 Å². The Labute approximate surface area is 151 Å². The van der Waals surface area contributed by atoms with Crippen LogP contribution in [0.15, 0.2) is 34.2 Å². The molecule has 0 radical (unpaired) electrons. The first kappa shape index (κ1) is 16.6. The maximum absolute atomic E-state index is 12.8. The van der Waals surface area contributed by atoms with Crippen LogP contribution in [0.5, 0.6) is 0 Å². The Hall–Kier alpha value is -1.82. The third-order valence-electron chi connectivity index (χ3n) is 5.02. The number of fused-ring (bicyclic) bond motifs is 1.